The Kier molecular flexibility index (Phi) is 6.42. The van der Waals surface area contributed by atoms with Crippen molar-refractivity contribution in [2.75, 3.05) is 0 Å². The number of benzene rings is 1. The lowest BCUT2D eigenvalue weighted by molar-refractivity contribution is -0.141. The van der Waals surface area contributed by atoms with E-state index in [4.69, 9.17) is 23.2 Å². The molecule has 3 aromatic rings. The van der Waals surface area contributed by atoms with Crippen LogP contribution in [-0.2, 0) is 12.7 Å². The first kappa shape index (κ1) is 21.8. The summed E-state index contributed by atoms with van der Waals surface area (Å²) in [6, 6.07) is 5.30. The van der Waals surface area contributed by atoms with Crippen molar-refractivity contribution in [2.45, 2.75) is 19.6 Å². The van der Waals surface area contributed by atoms with Crippen LogP contribution in [0.1, 0.15) is 29.6 Å². The number of hydrogen-bond donors (Lipinski definition) is 1. The van der Waals surface area contributed by atoms with Gasteiger partial charge in [-0.2, -0.15) is 13.2 Å². The fourth-order valence-electron chi connectivity index (χ4n) is 2.71. The fraction of sp³-hybridized carbons (Fsp3) is 0.158. The molecule has 0 aliphatic rings. The number of imidazole rings is 1. The van der Waals surface area contributed by atoms with Crippen molar-refractivity contribution in [1.82, 2.24) is 25.0 Å². The molecule has 156 valence electrons. The number of hydrogen-bond acceptors (Lipinski definition) is 4. The van der Waals surface area contributed by atoms with Gasteiger partial charge in [-0.3, -0.25) is 10.1 Å². The molecular weight excluding hydrogens is 440 g/mol. The standard InChI is InChI=1S/C19H15Cl2F3N6/c1-3-11(17-18(19(22,23)24)28-29-27-17)7-14(25-2)15-9-30(10-26-15)8-12-5-4-6-13(20)16(12)21/h3-7,9-10H,2,8H2,1H3,(H,27,28,29)/b11-3+,14-7-. The molecule has 1 aromatic carbocycles. The Morgan fingerprint density at radius 1 is 1.33 bits per heavy atom. The zero-order valence-corrected chi connectivity index (χ0v) is 17.1. The Hall–Kier alpha value is -2.91. The van der Waals surface area contributed by atoms with Crippen LogP contribution < -0.4 is 0 Å². The van der Waals surface area contributed by atoms with Crippen LogP contribution in [0, 0.1) is 0 Å². The smallest absolute Gasteiger partial charge is 0.332 e. The normalized spacial score (nSPS) is 13.0. The Bertz CT molecular complexity index is 1130. The largest absolute Gasteiger partial charge is 0.435 e. The molecule has 2 aromatic heterocycles. The van der Waals surface area contributed by atoms with Gasteiger partial charge in [0.25, 0.3) is 0 Å². The first-order valence-corrected chi connectivity index (χ1v) is 9.28. The molecule has 0 saturated carbocycles. The summed E-state index contributed by atoms with van der Waals surface area (Å²) in [5, 5.41) is 9.60. The van der Waals surface area contributed by atoms with Gasteiger partial charge in [0.2, 0.25) is 0 Å². The van der Waals surface area contributed by atoms with Crippen molar-refractivity contribution in [3.8, 4) is 0 Å². The van der Waals surface area contributed by atoms with Crippen LogP contribution in [-0.4, -0.2) is 31.7 Å². The van der Waals surface area contributed by atoms with Crippen LogP contribution in [0.2, 0.25) is 10.0 Å². The maximum atomic E-state index is 13.2. The number of aliphatic imine (C=N–C) groups is 1. The Morgan fingerprint density at radius 2 is 2.10 bits per heavy atom. The average molecular weight is 455 g/mol. The van der Waals surface area contributed by atoms with E-state index in [1.807, 2.05) is 11.2 Å². The molecule has 0 aliphatic heterocycles. The number of nitrogens with one attached hydrogen (secondary N) is 1. The summed E-state index contributed by atoms with van der Waals surface area (Å²) in [6.07, 6.45) is 1.50. The van der Waals surface area contributed by atoms with Gasteiger partial charge in [-0.1, -0.05) is 46.6 Å². The van der Waals surface area contributed by atoms with E-state index in [1.54, 1.807) is 36.1 Å². The molecule has 2 heterocycles. The van der Waals surface area contributed by atoms with Gasteiger partial charge in [-0.05, 0) is 31.3 Å². The number of alkyl halides is 3. The molecule has 0 saturated heterocycles. The number of rotatable bonds is 6. The highest BCUT2D eigenvalue weighted by Crippen LogP contribution is 2.33. The number of aromatic amines is 1. The second-order valence-electron chi connectivity index (χ2n) is 6.11. The molecule has 6 nitrogen and oxygen atoms in total. The number of H-pyrrole nitrogens is 1. The average Bonchev–Trinajstić information content (AvgIpc) is 3.36. The minimum Gasteiger partial charge on any atom is -0.332 e. The monoisotopic (exact) mass is 454 g/mol. The van der Waals surface area contributed by atoms with Crippen LogP contribution in [0.3, 0.4) is 0 Å². The first-order chi connectivity index (χ1) is 14.2. The lowest BCUT2D eigenvalue weighted by Crippen LogP contribution is -2.08. The van der Waals surface area contributed by atoms with Crippen LogP contribution in [0.15, 0.2) is 47.9 Å². The Labute approximate surface area is 179 Å². The third kappa shape index (κ3) is 4.63. The quantitative estimate of drug-likeness (QED) is 0.393. The highest BCUT2D eigenvalue weighted by Gasteiger charge is 2.37. The Morgan fingerprint density at radius 3 is 2.77 bits per heavy atom. The third-order valence-corrected chi connectivity index (χ3v) is 5.02. The van der Waals surface area contributed by atoms with Crippen molar-refractivity contribution in [2.24, 2.45) is 4.99 Å². The zero-order chi connectivity index (χ0) is 21.9. The van der Waals surface area contributed by atoms with E-state index in [9.17, 15) is 13.2 Å². The summed E-state index contributed by atoms with van der Waals surface area (Å²) in [7, 11) is 0. The summed E-state index contributed by atoms with van der Waals surface area (Å²) in [5.41, 5.74) is 0.269. The molecule has 0 atom stereocenters. The number of allylic oxidation sites excluding steroid dienone is 3. The fourth-order valence-corrected chi connectivity index (χ4v) is 3.09. The molecule has 0 aliphatic carbocycles. The van der Waals surface area contributed by atoms with Crippen molar-refractivity contribution >= 4 is 41.2 Å². The van der Waals surface area contributed by atoms with Gasteiger partial charge in [0.05, 0.1) is 28.6 Å². The zero-order valence-electron chi connectivity index (χ0n) is 15.6. The minimum atomic E-state index is -4.62. The van der Waals surface area contributed by atoms with E-state index in [0.717, 1.165) is 5.56 Å². The van der Waals surface area contributed by atoms with Gasteiger partial charge in [-0.15, -0.1) is 5.10 Å². The number of nitrogens with zero attached hydrogens (tertiary/aromatic N) is 5. The van der Waals surface area contributed by atoms with Crippen molar-refractivity contribution < 1.29 is 13.2 Å². The topological polar surface area (TPSA) is 71.8 Å². The number of aromatic nitrogens is 5. The second-order valence-corrected chi connectivity index (χ2v) is 6.89. The molecule has 0 spiro atoms. The molecule has 1 N–H and O–H groups in total. The summed E-state index contributed by atoms with van der Waals surface area (Å²) >= 11 is 12.3. The van der Waals surface area contributed by atoms with Crippen LogP contribution in [0.5, 0.6) is 0 Å². The SMILES string of the molecule is C=N/C(=C\C(=C/C)c1nn[nH]c1C(F)(F)F)c1cn(Cc2cccc(Cl)c2Cl)cn1. The molecule has 30 heavy (non-hydrogen) atoms. The third-order valence-electron chi connectivity index (χ3n) is 4.16. The van der Waals surface area contributed by atoms with Crippen molar-refractivity contribution in [3.05, 3.63) is 75.6 Å². The second kappa shape index (κ2) is 8.85. The summed E-state index contributed by atoms with van der Waals surface area (Å²) in [6.45, 7) is 5.48. The van der Waals surface area contributed by atoms with Gasteiger partial charge in [0.15, 0.2) is 5.69 Å². The van der Waals surface area contributed by atoms with Crippen LogP contribution in [0.4, 0.5) is 13.2 Å². The highest BCUT2D eigenvalue weighted by molar-refractivity contribution is 6.42. The minimum absolute atomic E-state index is 0.172. The maximum absolute atomic E-state index is 13.2. The summed E-state index contributed by atoms with van der Waals surface area (Å²) < 4.78 is 41.2. The maximum Gasteiger partial charge on any atom is 0.435 e. The van der Waals surface area contributed by atoms with Crippen molar-refractivity contribution in [1.29, 1.82) is 0 Å². The highest BCUT2D eigenvalue weighted by atomic mass is 35.5. The number of halogens is 5. The van der Waals surface area contributed by atoms with Gasteiger partial charge < -0.3 is 4.57 Å². The van der Waals surface area contributed by atoms with Gasteiger partial charge >= 0.3 is 6.18 Å². The molecule has 0 bridgehead atoms. The van der Waals surface area contributed by atoms with E-state index in [-0.39, 0.29) is 17.0 Å². The van der Waals surface area contributed by atoms with E-state index in [2.05, 4.69) is 27.0 Å². The molecule has 0 unspecified atom stereocenters. The molecule has 0 amide bonds. The molecule has 3 rings (SSSR count). The molecule has 11 heteroatoms. The van der Waals surface area contributed by atoms with E-state index < -0.39 is 11.9 Å². The van der Waals surface area contributed by atoms with E-state index in [1.165, 1.54) is 12.2 Å². The van der Waals surface area contributed by atoms with Gasteiger partial charge in [-0.25, -0.2) is 4.98 Å². The predicted octanol–water partition coefficient (Wildman–Crippen LogP) is 5.52. The summed E-state index contributed by atoms with van der Waals surface area (Å²) in [5.74, 6) is 0. The van der Waals surface area contributed by atoms with Crippen LogP contribution in [0.25, 0.3) is 11.3 Å². The van der Waals surface area contributed by atoms with Crippen molar-refractivity contribution in [3.63, 3.8) is 0 Å². The summed E-state index contributed by atoms with van der Waals surface area (Å²) in [4.78, 5) is 8.17. The van der Waals surface area contributed by atoms with E-state index in [0.29, 0.717) is 22.3 Å². The molecular formula is C19H15Cl2F3N6. The van der Waals surface area contributed by atoms with Gasteiger partial charge in [0.1, 0.15) is 11.4 Å². The Balaban J connectivity index is 1.91. The van der Waals surface area contributed by atoms with Gasteiger partial charge in [0, 0.05) is 11.8 Å². The molecule has 0 fully saturated rings. The lowest BCUT2D eigenvalue weighted by atomic mass is 10.1. The van der Waals surface area contributed by atoms with E-state index >= 15 is 0 Å². The first-order valence-electron chi connectivity index (χ1n) is 8.53. The van der Waals surface area contributed by atoms with Crippen LogP contribution >= 0.6 is 23.2 Å². The predicted molar refractivity (Wildman–Crippen MR) is 110 cm³/mol. The molecule has 0 radical (unpaired) electrons. The lowest BCUT2D eigenvalue weighted by Gasteiger charge is -2.07.